The molecule has 0 atom stereocenters. The number of amides is 1. The summed E-state index contributed by atoms with van der Waals surface area (Å²) in [5.74, 6) is 0.369. The third kappa shape index (κ3) is 4.69. The van der Waals surface area contributed by atoms with Crippen LogP contribution in [-0.4, -0.2) is 50.6 Å². The molecule has 0 aromatic heterocycles. The highest BCUT2D eigenvalue weighted by atomic mass is 16.5. The van der Waals surface area contributed by atoms with Gasteiger partial charge in [-0.2, -0.15) is 0 Å². The molecule has 1 aromatic rings. The lowest BCUT2D eigenvalue weighted by Gasteiger charge is -2.30. The van der Waals surface area contributed by atoms with E-state index in [9.17, 15) is 9.59 Å². The standard InChI is InChI=1S/C17H24N2O4/c1-12-4-5-15(22-2)14(10-12)18-16(20)11-19-8-6-13(7-9-19)17(21)23-3/h4-5,10,13H,6-9,11H2,1-3H3,(H,18,20). The lowest BCUT2D eigenvalue weighted by atomic mass is 9.97. The minimum atomic E-state index is -0.154. The molecule has 1 aliphatic rings. The van der Waals surface area contributed by atoms with Gasteiger partial charge in [0.2, 0.25) is 5.91 Å². The Balaban J connectivity index is 1.87. The third-order valence-corrected chi connectivity index (χ3v) is 4.12. The van der Waals surface area contributed by atoms with E-state index in [0.717, 1.165) is 31.5 Å². The Kier molecular flexibility index (Phi) is 5.98. The summed E-state index contributed by atoms with van der Waals surface area (Å²) in [6, 6.07) is 5.67. The zero-order valence-corrected chi connectivity index (χ0v) is 13.9. The zero-order valence-electron chi connectivity index (χ0n) is 13.9. The molecule has 1 heterocycles. The summed E-state index contributed by atoms with van der Waals surface area (Å²) in [4.78, 5) is 25.8. The highest BCUT2D eigenvalue weighted by Crippen LogP contribution is 2.25. The van der Waals surface area contributed by atoms with Crippen molar-refractivity contribution >= 4 is 17.6 Å². The van der Waals surface area contributed by atoms with Crippen molar-refractivity contribution in [3.8, 4) is 5.75 Å². The maximum absolute atomic E-state index is 12.2. The zero-order chi connectivity index (χ0) is 16.8. The number of piperidine rings is 1. The van der Waals surface area contributed by atoms with Crippen molar-refractivity contribution in [3.05, 3.63) is 23.8 Å². The molecule has 0 aliphatic carbocycles. The van der Waals surface area contributed by atoms with Crippen LogP contribution in [0.1, 0.15) is 18.4 Å². The summed E-state index contributed by atoms with van der Waals surface area (Å²) in [6.45, 7) is 3.72. The van der Waals surface area contributed by atoms with Crippen molar-refractivity contribution in [2.24, 2.45) is 5.92 Å². The highest BCUT2D eigenvalue weighted by molar-refractivity contribution is 5.93. The van der Waals surface area contributed by atoms with Gasteiger partial charge in [0.05, 0.1) is 32.4 Å². The largest absolute Gasteiger partial charge is 0.495 e. The van der Waals surface area contributed by atoms with Crippen LogP contribution >= 0.6 is 0 Å². The lowest BCUT2D eigenvalue weighted by Crippen LogP contribution is -2.41. The minimum absolute atomic E-state index is 0.0452. The number of likely N-dealkylation sites (tertiary alicyclic amines) is 1. The number of hydrogen-bond donors (Lipinski definition) is 1. The molecule has 0 unspecified atom stereocenters. The van der Waals surface area contributed by atoms with Gasteiger partial charge in [0.25, 0.3) is 0 Å². The van der Waals surface area contributed by atoms with Crippen LogP contribution in [0.15, 0.2) is 18.2 Å². The fraction of sp³-hybridized carbons (Fsp3) is 0.529. The molecule has 1 aromatic carbocycles. The van der Waals surface area contributed by atoms with Crippen molar-refractivity contribution in [2.45, 2.75) is 19.8 Å². The van der Waals surface area contributed by atoms with Gasteiger partial charge in [0.1, 0.15) is 5.75 Å². The Hall–Kier alpha value is -2.08. The monoisotopic (exact) mass is 320 g/mol. The van der Waals surface area contributed by atoms with E-state index < -0.39 is 0 Å². The number of hydrogen-bond acceptors (Lipinski definition) is 5. The Bertz CT molecular complexity index is 566. The molecule has 23 heavy (non-hydrogen) atoms. The molecule has 0 bridgehead atoms. The van der Waals surface area contributed by atoms with E-state index in [2.05, 4.69) is 10.2 Å². The molecule has 1 aliphatic heterocycles. The predicted molar refractivity (Wildman–Crippen MR) is 87.5 cm³/mol. The minimum Gasteiger partial charge on any atom is -0.495 e. The van der Waals surface area contributed by atoms with Crippen LogP contribution in [0.5, 0.6) is 5.75 Å². The van der Waals surface area contributed by atoms with Gasteiger partial charge >= 0.3 is 5.97 Å². The molecule has 0 saturated carbocycles. The molecule has 0 radical (unpaired) electrons. The van der Waals surface area contributed by atoms with E-state index in [0.29, 0.717) is 18.0 Å². The van der Waals surface area contributed by atoms with Crippen molar-refractivity contribution in [2.75, 3.05) is 39.2 Å². The molecule has 2 rings (SSSR count). The summed E-state index contributed by atoms with van der Waals surface area (Å²) < 4.78 is 10.0. The number of nitrogens with one attached hydrogen (secondary N) is 1. The van der Waals surface area contributed by atoms with Gasteiger partial charge in [-0.3, -0.25) is 14.5 Å². The average Bonchev–Trinajstić information content (AvgIpc) is 2.55. The molecule has 6 nitrogen and oxygen atoms in total. The van der Waals surface area contributed by atoms with E-state index >= 15 is 0 Å². The van der Waals surface area contributed by atoms with Gasteiger partial charge in [-0.05, 0) is 50.6 Å². The number of methoxy groups -OCH3 is 2. The number of nitrogens with zero attached hydrogens (tertiary/aromatic N) is 1. The van der Waals surface area contributed by atoms with E-state index in [4.69, 9.17) is 9.47 Å². The van der Waals surface area contributed by atoms with Crippen LogP contribution in [0, 0.1) is 12.8 Å². The van der Waals surface area contributed by atoms with Crippen LogP contribution in [0.2, 0.25) is 0 Å². The Morgan fingerprint density at radius 2 is 1.96 bits per heavy atom. The first kappa shape index (κ1) is 17.3. The number of carbonyl (C=O) groups is 2. The number of anilines is 1. The number of rotatable bonds is 5. The highest BCUT2D eigenvalue weighted by Gasteiger charge is 2.26. The van der Waals surface area contributed by atoms with E-state index in [1.54, 1.807) is 7.11 Å². The van der Waals surface area contributed by atoms with E-state index in [-0.39, 0.29) is 17.8 Å². The summed E-state index contributed by atoms with van der Waals surface area (Å²) in [5.41, 5.74) is 1.74. The molecule has 1 fully saturated rings. The van der Waals surface area contributed by atoms with Gasteiger partial charge in [0.15, 0.2) is 0 Å². The maximum Gasteiger partial charge on any atom is 0.308 e. The van der Waals surface area contributed by atoms with Gasteiger partial charge in [-0.1, -0.05) is 6.07 Å². The Morgan fingerprint density at radius 3 is 2.57 bits per heavy atom. The summed E-state index contributed by atoms with van der Waals surface area (Å²) in [5, 5.41) is 2.90. The summed E-state index contributed by atoms with van der Waals surface area (Å²) in [6.07, 6.45) is 1.46. The summed E-state index contributed by atoms with van der Waals surface area (Å²) >= 11 is 0. The van der Waals surface area contributed by atoms with E-state index in [1.807, 2.05) is 25.1 Å². The molecule has 0 spiro atoms. The molecular weight excluding hydrogens is 296 g/mol. The summed E-state index contributed by atoms with van der Waals surface area (Å²) in [7, 11) is 3.00. The number of ether oxygens (including phenoxy) is 2. The number of aryl methyl sites for hydroxylation is 1. The quantitative estimate of drug-likeness (QED) is 0.838. The van der Waals surface area contributed by atoms with Crippen LogP contribution in [0.25, 0.3) is 0 Å². The second-order valence-corrected chi connectivity index (χ2v) is 5.83. The van der Waals surface area contributed by atoms with Crippen LogP contribution in [0.3, 0.4) is 0 Å². The topological polar surface area (TPSA) is 67.9 Å². The number of esters is 1. The van der Waals surface area contributed by atoms with E-state index in [1.165, 1.54) is 7.11 Å². The van der Waals surface area contributed by atoms with Crippen molar-refractivity contribution in [1.29, 1.82) is 0 Å². The average molecular weight is 320 g/mol. The van der Waals surface area contributed by atoms with Gasteiger partial charge < -0.3 is 14.8 Å². The fourth-order valence-electron chi connectivity index (χ4n) is 2.81. The van der Waals surface area contributed by atoms with Gasteiger partial charge in [0, 0.05) is 0 Å². The normalized spacial score (nSPS) is 16.0. The molecule has 126 valence electrons. The smallest absolute Gasteiger partial charge is 0.308 e. The molecular formula is C17H24N2O4. The predicted octanol–water partition coefficient (Wildman–Crippen LogP) is 1.83. The first-order valence-corrected chi connectivity index (χ1v) is 7.78. The van der Waals surface area contributed by atoms with Crippen LogP contribution in [0.4, 0.5) is 5.69 Å². The Labute approximate surface area is 136 Å². The SMILES string of the molecule is COC(=O)C1CCN(CC(=O)Nc2cc(C)ccc2OC)CC1. The maximum atomic E-state index is 12.2. The fourth-order valence-corrected chi connectivity index (χ4v) is 2.81. The van der Waals surface area contributed by atoms with Crippen molar-refractivity contribution in [1.82, 2.24) is 4.90 Å². The van der Waals surface area contributed by atoms with Gasteiger partial charge in [-0.15, -0.1) is 0 Å². The molecule has 1 amide bonds. The van der Waals surface area contributed by atoms with Crippen LogP contribution < -0.4 is 10.1 Å². The van der Waals surface area contributed by atoms with Crippen LogP contribution in [-0.2, 0) is 14.3 Å². The number of benzene rings is 1. The second kappa shape index (κ2) is 7.97. The lowest BCUT2D eigenvalue weighted by molar-refractivity contribution is -0.147. The Morgan fingerprint density at radius 1 is 1.26 bits per heavy atom. The molecule has 6 heteroatoms. The molecule has 1 N–H and O–H groups in total. The number of carbonyl (C=O) groups excluding carboxylic acids is 2. The van der Waals surface area contributed by atoms with Gasteiger partial charge in [-0.25, -0.2) is 0 Å². The first-order valence-electron chi connectivity index (χ1n) is 7.78. The first-order chi connectivity index (χ1) is 11.0. The van der Waals surface area contributed by atoms with Crippen molar-refractivity contribution < 1.29 is 19.1 Å². The second-order valence-electron chi connectivity index (χ2n) is 5.83. The van der Waals surface area contributed by atoms with Crippen molar-refractivity contribution in [3.63, 3.8) is 0 Å². The molecule has 1 saturated heterocycles. The third-order valence-electron chi connectivity index (χ3n) is 4.12.